The molecule has 110 valence electrons. The molecule has 4 nitrogen and oxygen atoms in total. The fourth-order valence-corrected chi connectivity index (χ4v) is 3.41. The smallest absolute Gasteiger partial charge is 0.239 e. The van der Waals surface area contributed by atoms with E-state index in [4.69, 9.17) is 0 Å². The summed E-state index contributed by atoms with van der Waals surface area (Å²) in [5.41, 5.74) is 0. The lowest BCUT2D eigenvalue weighted by atomic mass is 9.91. The van der Waals surface area contributed by atoms with Gasteiger partial charge in [-0.05, 0) is 46.1 Å². The van der Waals surface area contributed by atoms with Crippen molar-refractivity contribution in [2.24, 2.45) is 0 Å². The lowest BCUT2D eigenvalue weighted by molar-refractivity contribution is -0.139. The first-order valence-corrected chi connectivity index (χ1v) is 7.80. The van der Waals surface area contributed by atoms with Crippen LogP contribution in [-0.4, -0.2) is 59.1 Å². The summed E-state index contributed by atoms with van der Waals surface area (Å²) in [6, 6.07) is 0.0355. The Morgan fingerprint density at radius 1 is 1.16 bits per heavy atom. The van der Waals surface area contributed by atoms with E-state index in [1.807, 2.05) is 18.9 Å². The van der Waals surface area contributed by atoms with Gasteiger partial charge < -0.3 is 10.0 Å². The van der Waals surface area contributed by atoms with Crippen molar-refractivity contribution in [1.82, 2.24) is 9.80 Å². The molecule has 0 radical (unpaired) electrons. The van der Waals surface area contributed by atoms with Crippen molar-refractivity contribution in [1.29, 1.82) is 0 Å². The Morgan fingerprint density at radius 3 is 2.42 bits per heavy atom. The van der Waals surface area contributed by atoms with Gasteiger partial charge in [-0.3, -0.25) is 9.69 Å². The Kier molecular flexibility index (Phi) is 5.22. The Bertz CT molecular complexity index is 303. The highest BCUT2D eigenvalue weighted by atomic mass is 16.3. The number of hydrogen-bond acceptors (Lipinski definition) is 3. The number of rotatable bonds is 3. The van der Waals surface area contributed by atoms with Gasteiger partial charge in [0.1, 0.15) is 0 Å². The normalized spacial score (nSPS) is 30.4. The van der Waals surface area contributed by atoms with Gasteiger partial charge in [0.2, 0.25) is 5.91 Å². The van der Waals surface area contributed by atoms with Gasteiger partial charge in [-0.15, -0.1) is 0 Å². The third-order valence-electron chi connectivity index (χ3n) is 4.85. The third-order valence-corrected chi connectivity index (χ3v) is 4.85. The molecule has 0 aromatic heterocycles. The summed E-state index contributed by atoms with van der Waals surface area (Å²) < 4.78 is 0. The van der Waals surface area contributed by atoms with E-state index in [1.54, 1.807) is 0 Å². The Hall–Kier alpha value is -0.610. The lowest BCUT2D eigenvalue weighted by Crippen LogP contribution is -2.54. The molecule has 0 spiro atoms. The van der Waals surface area contributed by atoms with Crippen LogP contribution in [0.3, 0.4) is 0 Å². The summed E-state index contributed by atoms with van der Waals surface area (Å²) in [7, 11) is 1.99. The van der Waals surface area contributed by atoms with Crippen molar-refractivity contribution >= 4 is 5.91 Å². The maximum absolute atomic E-state index is 12.5. The van der Waals surface area contributed by atoms with Crippen LogP contribution in [0.1, 0.15) is 51.9 Å². The molecule has 2 rings (SSSR count). The van der Waals surface area contributed by atoms with Crippen LogP contribution in [-0.2, 0) is 4.79 Å². The maximum atomic E-state index is 12.5. The van der Waals surface area contributed by atoms with E-state index >= 15 is 0 Å². The number of carbonyl (C=O) groups excluding carboxylic acids is 1. The second kappa shape index (κ2) is 6.71. The summed E-state index contributed by atoms with van der Waals surface area (Å²) in [6.45, 7) is 3.80. The molecule has 2 aliphatic rings. The van der Waals surface area contributed by atoms with Crippen LogP contribution >= 0.6 is 0 Å². The Morgan fingerprint density at radius 2 is 1.79 bits per heavy atom. The molecule has 1 N–H and O–H groups in total. The first-order chi connectivity index (χ1) is 9.11. The monoisotopic (exact) mass is 268 g/mol. The fraction of sp³-hybridized carbons (Fsp3) is 0.933. The lowest BCUT2D eigenvalue weighted by Gasteiger charge is -2.40. The molecule has 1 heterocycles. The molecule has 1 aliphatic heterocycles. The number of hydrogen-bond donors (Lipinski definition) is 1. The van der Waals surface area contributed by atoms with Crippen molar-refractivity contribution in [3.63, 3.8) is 0 Å². The van der Waals surface area contributed by atoms with Crippen LogP contribution in [0.25, 0.3) is 0 Å². The fourth-order valence-electron chi connectivity index (χ4n) is 3.41. The van der Waals surface area contributed by atoms with Crippen molar-refractivity contribution in [3.05, 3.63) is 0 Å². The number of likely N-dealkylation sites (N-methyl/N-ethyl adjacent to an activating group) is 1. The molecule has 1 amide bonds. The zero-order valence-corrected chi connectivity index (χ0v) is 12.3. The molecular formula is C15H28N2O2. The van der Waals surface area contributed by atoms with Gasteiger partial charge in [-0.2, -0.15) is 0 Å². The highest BCUT2D eigenvalue weighted by Crippen LogP contribution is 2.24. The van der Waals surface area contributed by atoms with Gasteiger partial charge in [-0.25, -0.2) is 0 Å². The van der Waals surface area contributed by atoms with E-state index in [2.05, 4.69) is 4.90 Å². The standard InChI is InChI=1S/C15H28N2O2/c1-12(15(19)17-10-6-3-7-11-17)16(2)13-8-4-5-9-14(13)18/h12-14,18H,3-11H2,1-2H3. The average molecular weight is 268 g/mol. The number of aliphatic hydroxyl groups is 1. The summed E-state index contributed by atoms with van der Waals surface area (Å²) in [5, 5.41) is 10.1. The van der Waals surface area contributed by atoms with Crippen LogP contribution in [0.15, 0.2) is 0 Å². The summed E-state index contributed by atoms with van der Waals surface area (Å²) >= 11 is 0. The minimum absolute atomic E-state index is 0.115. The molecule has 0 bridgehead atoms. The van der Waals surface area contributed by atoms with Gasteiger partial charge in [0.25, 0.3) is 0 Å². The molecule has 4 heteroatoms. The summed E-state index contributed by atoms with van der Waals surface area (Å²) in [6.07, 6.45) is 7.40. The topological polar surface area (TPSA) is 43.8 Å². The summed E-state index contributed by atoms with van der Waals surface area (Å²) in [5.74, 6) is 0.236. The van der Waals surface area contributed by atoms with Crippen LogP contribution in [0.2, 0.25) is 0 Å². The molecule has 19 heavy (non-hydrogen) atoms. The number of carbonyl (C=O) groups is 1. The zero-order chi connectivity index (χ0) is 13.8. The van der Waals surface area contributed by atoms with Crippen LogP contribution in [0, 0.1) is 0 Å². The van der Waals surface area contributed by atoms with E-state index in [9.17, 15) is 9.90 Å². The predicted octanol–water partition coefficient (Wildman–Crippen LogP) is 1.62. The first kappa shape index (κ1) is 14.8. The molecule has 0 aromatic rings. The number of likely N-dealkylation sites (tertiary alicyclic amines) is 1. The van der Waals surface area contributed by atoms with E-state index in [0.29, 0.717) is 0 Å². The van der Waals surface area contributed by atoms with Crippen LogP contribution < -0.4 is 0 Å². The minimum Gasteiger partial charge on any atom is -0.391 e. The molecule has 1 aliphatic carbocycles. The minimum atomic E-state index is -0.268. The highest BCUT2D eigenvalue weighted by molar-refractivity contribution is 5.81. The molecule has 3 atom stereocenters. The number of aliphatic hydroxyl groups excluding tert-OH is 1. The summed E-state index contributed by atoms with van der Waals surface area (Å²) in [4.78, 5) is 16.6. The quantitative estimate of drug-likeness (QED) is 0.846. The predicted molar refractivity (Wildman–Crippen MR) is 75.9 cm³/mol. The maximum Gasteiger partial charge on any atom is 0.239 e. The van der Waals surface area contributed by atoms with E-state index in [0.717, 1.165) is 51.6 Å². The van der Waals surface area contributed by atoms with Crippen molar-refractivity contribution in [2.75, 3.05) is 20.1 Å². The van der Waals surface area contributed by atoms with Gasteiger partial charge in [-0.1, -0.05) is 12.8 Å². The first-order valence-electron chi connectivity index (χ1n) is 7.80. The van der Waals surface area contributed by atoms with Crippen LogP contribution in [0.4, 0.5) is 0 Å². The van der Waals surface area contributed by atoms with Gasteiger partial charge >= 0.3 is 0 Å². The van der Waals surface area contributed by atoms with Crippen LogP contribution in [0.5, 0.6) is 0 Å². The Labute approximate surface area is 116 Å². The molecule has 1 saturated carbocycles. The molecular weight excluding hydrogens is 240 g/mol. The molecule has 3 unspecified atom stereocenters. The molecule has 2 fully saturated rings. The van der Waals surface area contributed by atoms with Gasteiger partial charge in [0.05, 0.1) is 12.1 Å². The van der Waals surface area contributed by atoms with E-state index in [1.165, 1.54) is 6.42 Å². The van der Waals surface area contributed by atoms with Crippen molar-refractivity contribution in [3.8, 4) is 0 Å². The molecule has 0 aromatic carbocycles. The number of nitrogens with zero attached hydrogens (tertiary/aromatic N) is 2. The Balaban J connectivity index is 1.93. The average Bonchev–Trinajstić information content (AvgIpc) is 2.46. The second-order valence-electron chi connectivity index (χ2n) is 6.15. The largest absolute Gasteiger partial charge is 0.391 e. The number of piperidine rings is 1. The second-order valence-corrected chi connectivity index (χ2v) is 6.15. The highest BCUT2D eigenvalue weighted by Gasteiger charge is 2.33. The zero-order valence-electron chi connectivity index (χ0n) is 12.3. The van der Waals surface area contributed by atoms with E-state index < -0.39 is 0 Å². The van der Waals surface area contributed by atoms with Gasteiger partial charge in [0.15, 0.2) is 0 Å². The molecule has 1 saturated heterocycles. The SMILES string of the molecule is CC(C(=O)N1CCCCC1)N(C)C1CCCCC1O. The van der Waals surface area contributed by atoms with E-state index in [-0.39, 0.29) is 24.1 Å². The van der Waals surface area contributed by atoms with Crippen molar-refractivity contribution < 1.29 is 9.90 Å². The van der Waals surface area contributed by atoms with Crippen molar-refractivity contribution in [2.45, 2.75) is 70.1 Å². The third kappa shape index (κ3) is 3.48. The van der Waals surface area contributed by atoms with Gasteiger partial charge in [0, 0.05) is 19.1 Å². The number of amides is 1.